The quantitative estimate of drug-likeness (QED) is 0.785. The second kappa shape index (κ2) is 9.83. The molecule has 1 heterocycles. The topological polar surface area (TPSA) is 41.6 Å². The fourth-order valence-corrected chi connectivity index (χ4v) is 3.41. The monoisotopic (exact) mass is 390 g/mol. The van der Waals surface area contributed by atoms with Crippen LogP contribution in [0.25, 0.3) is 0 Å². The van der Waals surface area contributed by atoms with Gasteiger partial charge in [-0.05, 0) is 35.7 Å². The van der Waals surface area contributed by atoms with Crippen molar-refractivity contribution in [3.63, 3.8) is 0 Å². The highest BCUT2D eigenvalue weighted by atomic mass is 35.5. The van der Waals surface area contributed by atoms with Crippen LogP contribution in [0.15, 0.2) is 48.5 Å². The molecule has 1 aliphatic rings. The largest absolute Gasteiger partial charge is 0.379 e. The minimum atomic E-state index is -0.266. The zero-order valence-electron chi connectivity index (χ0n) is 15.2. The number of hydrogen-bond acceptors (Lipinski definition) is 3. The van der Waals surface area contributed by atoms with E-state index in [-0.39, 0.29) is 24.2 Å². The minimum Gasteiger partial charge on any atom is -0.379 e. The zero-order valence-corrected chi connectivity index (χ0v) is 15.9. The lowest BCUT2D eigenvalue weighted by atomic mass is 10.0. The van der Waals surface area contributed by atoms with Crippen LogP contribution in [-0.4, -0.2) is 43.7 Å². The van der Waals surface area contributed by atoms with Crippen LogP contribution >= 0.6 is 11.6 Å². The van der Waals surface area contributed by atoms with Crippen molar-refractivity contribution in [1.29, 1.82) is 0 Å². The van der Waals surface area contributed by atoms with Crippen molar-refractivity contribution in [1.82, 2.24) is 10.2 Å². The first-order valence-corrected chi connectivity index (χ1v) is 9.58. The maximum atomic E-state index is 13.7. The first kappa shape index (κ1) is 19.8. The Hall–Kier alpha value is -1.95. The molecule has 6 heteroatoms. The Morgan fingerprint density at radius 2 is 1.85 bits per heavy atom. The molecule has 0 aromatic heterocycles. The second-order valence-corrected chi connectivity index (χ2v) is 7.05. The van der Waals surface area contributed by atoms with Crippen LogP contribution < -0.4 is 5.32 Å². The van der Waals surface area contributed by atoms with Crippen molar-refractivity contribution >= 4 is 17.5 Å². The molecule has 0 bridgehead atoms. The van der Waals surface area contributed by atoms with Crippen molar-refractivity contribution in [3.05, 3.63) is 70.5 Å². The highest BCUT2D eigenvalue weighted by Crippen LogP contribution is 2.23. The number of morpholine rings is 1. The van der Waals surface area contributed by atoms with Crippen molar-refractivity contribution in [2.24, 2.45) is 0 Å². The Bertz CT molecular complexity index is 748. The molecule has 2 aromatic carbocycles. The predicted octanol–water partition coefficient (Wildman–Crippen LogP) is 3.60. The van der Waals surface area contributed by atoms with E-state index in [1.807, 2.05) is 24.3 Å². The van der Waals surface area contributed by atoms with Gasteiger partial charge in [0.2, 0.25) is 5.91 Å². The molecule has 1 fully saturated rings. The number of halogens is 2. The Kier molecular flexibility index (Phi) is 7.21. The molecular formula is C21H24ClFN2O2. The summed E-state index contributed by atoms with van der Waals surface area (Å²) >= 11 is 6.01. The number of benzene rings is 2. The summed E-state index contributed by atoms with van der Waals surface area (Å²) in [5, 5.41) is 3.69. The van der Waals surface area contributed by atoms with Gasteiger partial charge in [0.05, 0.1) is 19.3 Å². The van der Waals surface area contributed by atoms with Crippen LogP contribution in [0.3, 0.4) is 0 Å². The van der Waals surface area contributed by atoms with Crippen LogP contribution in [0.4, 0.5) is 4.39 Å². The number of amides is 1. The first-order valence-electron chi connectivity index (χ1n) is 9.21. The fraction of sp³-hybridized carbons (Fsp3) is 0.381. The molecule has 0 radical (unpaired) electrons. The molecule has 0 saturated carbocycles. The van der Waals surface area contributed by atoms with E-state index in [0.717, 1.165) is 18.7 Å². The SMILES string of the molecule is O=C(CCc1ccccc1F)NCC(c1ccc(Cl)cc1)N1CCOCC1. The number of nitrogens with zero attached hydrogens (tertiary/aromatic N) is 1. The summed E-state index contributed by atoms with van der Waals surface area (Å²) < 4.78 is 19.1. The molecule has 1 N–H and O–H groups in total. The zero-order chi connectivity index (χ0) is 19.1. The third-order valence-corrected chi connectivity index (χ3v) is 5.07. The van der Waals surface area contributed by atoms with Gasteiger partial charge in [0.15, 0.2) is 0 Å². The van der Waals surface area contributed by atoms with Crippen LogP contribution in [0.2, 0.25) is 5.02 Å². The van der Waals surface area contributed by atoms with Crippen LogP contribution in [0, 0.1) is 5.82 Å². The van der Waals surface area contributed by atoms with Gasteiger partial charge in [0.25, 0.3) is 0 Å². The Morgan fingerprint density at radius 1 is 1.15 bits per heavy atom. The Morgan fingerprint density at radius 3 is 2.56 bits per heavy atom. The third kappa shape index (κ3) is 5.76. The van der Waals surface area contributed by atoms with Gasteiger partial charge in [-0.15, -0.1) is 0 Å². The number of ether oxygens (including phenoxy) is 1. The van der Waals surface area contributed by atoms with Crippen LogP contribution in [-0.2, 0) is 16.0 Å². The van der Waals surface area contributed by atoms with Crippen LogP contribution in [0.5, 0.6) is 0 Å². The highest BCUT2D eigenvalue weighted by Gasteiger charge is 2.23. The van der Waals surface area contributed by atoms with Gasteiger partial charge in [-0.1, -0.05) is 41.9 Å². The number of aryl methyl sites for hydroxylation is 1. The smallest absolute Gasteiger partial charge is 0.220 e. The molecule has 2 aromatic rings. The van der Waals surface area contributed by atoms with Crippen molar-refractivity contribution in [2.75, 3.05) is 32.8 Å². The first-order chi connectivity index (χ1) is 13.1. The summed E-state index contributed by atoms with van der Waals surface area (Å²) in [6.07, 6.45) is 0.652. The van der Waals surface area contributed by atoms with Crippen molar-refractivity contribution < 1.29 is 13.9 Å². The molecule has 1 saturated heterocycles. The summed E-state index contributed by atoms with van der Waals surface area (Å²) in [7, 11) is 0. The van der Waals surface area contributed by atoms with Gasteiger partial charge in [0, 0.05) is 31.1 Å². The lowest BCUT2D eigenvalue weighted by Crippen LogP contribution is -2.43. The number of rotatable bonds is 7. The van der Waals surface area contributed by atoms with Gasteiger partial charge >= 0.3 is 0 Å². The number of nitrogens with one attached hydrogen (secondary N) is 1. The average Bonchev–Trinajstić information content (AvgIpc) is 2.69. The van der Waals surface area contributed by atoms with Crippen molar-refractivity contribution in [3.8, 4) is 0 Å². The van der Waals surface area contributed by atoms with E-state index in [2.05, 4.69) is 10.2 Å². The highest BCUT2D eigenvalue weighted by molar-refractivity contribution is 6.30. The van der Waals surface area contributed by atoms with E-state index in [1.54, 1.807) is 18.2 Å². The molecule has 3 rings (SSSR count). The molecule has 1 unspecified atom stereocenters. The normalized spacial score (nSPS) is 16.1. The molecule has 0 aliphatic carbocycles. The maximum Gasteiger partial charge on any atom is 0.220 e. The molecule has 4 nitrogen and oxygen atoms in total. The second-order valence-electron chi connectivity index (χ2n) is 6.61. The van der Waals surface area contributed by atoms with E-state index >= 15 is 0 Å². The van der Waals surface area contributed by atoms with E-state index in [4.69, 9.17) is 16.3 Å². The van der Waals surface area contributed by atoms with E-state index in [0.29, 0.717) is 36.8 Å². The summed E-state index contributed by atoms with van der Waals surface area (Å²) in [6.45, 7) is 3.51. The van der Waals surface area contributed by atoms with E-state index in [9.17, 15) is 9.18 Å². The summed E-state index contributed by atoms with van der Waals surface area (Å²) in [4.78, 5) is 14.6. The molecule has 144 valence electrons. The summed E-state index contributed by atoms with van der Waals surface area (Å²) in [6, 6.07) is 14.3. The number of hydrogen-bond donors (Lipinski definition) is 1. The standard InChI is InChI=1S/C21H24ClFN2O2/c22-18-8-5-17(6-9-18)20(25-11-13-27-14-12-25)15-24-21(26)10-7-16-3-1-2-4-19(16)23/h1-6,8-9,20H,7,10-15H2,(H,24,26). The summed E-state index contributed by atoms with van der Waals surface area (Å²) in [5.74, 6) is -0.344. The fourth-order valence-electron chi connectivity index (χ4n) is 3.28. The minimum absolute atomic E-state index is 0.0589. The Balaban J connectivity index is 1.59. The average molecular weight is 391 g/mol. The third-order valence-electron chi connectivity index (χ3n) is 4.81. The lowest BCUT2D eigenvalue weighted by Gasteiger charge is -2.35. The van der Waals surface area contributed by atoms with Gasteiger partial charge in [-0.3, -0.25) is 9.69 Å². The Labute approximate surface area is 164 Å². The van der Waals surface area contributed by atoms with Gasteiger partial charge in [0.1, 0.15) is 5.82 Å². The number of carbonyl (C=O) groups excluding carboxylic acids is 1. The molecule has 1 aliphatic heterocycles. The molecule has 27 heavy (non-hydrogen) atoms. The molecular weight excluding hydrogens is 367 g/mol. The molecule has 1 atom stereocenters. The van der Waals surface area contributed by atoms with Gasteiger partial charge in [-0.2, -0.15) is 0 Å². The maximum absolute atomic E-state index is 13.7. The van der Waals surface area contributed by atoms with Gasteiger partial charge < -0.3 is 10.1 Å². The molecule has 1 amide bonds. The number of carbonyl (C=O) groups is 1. The van der Waals surface area contributed by atoms with Gasteiger partial charge in [-0.25, -0.2) is 4.39 Å². The van der Waals surface area contributed by atoms with E-state index in [1.165, 1.54) is 6.07 Å². The van der Waals surface area contributed by atoms with E-state index < -0.39 is 0 Å². The lowest BCUT2D eigenvalue weighted by molar-refractivity contribution is -0.121. The predicted molar refractivity (Wildman–Crippen MR) is 104 cm³/mol. The van der Waals surface area contributed by atoms with Crippen molar-refractivity contribution in [2.45, 2.75) is 18.9 Å². The summed E-state index contributed by atoms with van der Waals surface area (Å²) in [5.41, 5.74) is 1.67. The van der Waals surface area contributed by atoms with Crippen LogP contribution in [0.1, 0.15) is 23.6 Å². The molecule has 0 spiro atoms.